The fourth-order valence-electron chi connectivity index (χ4n) is 3.20. The molecular formula is C20H22Cl2N3O2+. The van der Waals surface area contributed by atoms with Crippen molar-refractivity contribution in [2.24, 2.45) is 0 Å². The fraction of sp³-hybridized carbons (Fsp3) is 0.300. The molecule has 2 atom stereocenters. The summed E-state index contributed by atoms with van der Waals surface area (Å²) in [7, 11) is 1.85. The minimum atomic E-state index is -0.337. The summed E-state index contributed by atoms with van der Waals surface area (Å²) >= 11 is 11.9. The van der Waals surface area contributed by atoms with E-state index in [1.807, 2.05) is 37.1 Å². The smallest absolute Gasteiger partial charge is 0.284 e. The van der Waals surface area contributed by atoms with Crippen LogP contribution in [0.4, 0.5) is 11.4 Å². The highest BCUT2D eigenvalue weighted by molar-refractivity contribution is 6.42. The third-order valence-electron chi connectivity index (χ3n) is 4.91. The molecule has 2 aromatic rings. The van der Waals surface area contributed by atoms with Gasteiger partial charge in [0.1, 0.15) is 0 Å². The minimum Gasteiger partial charge on any atom is -0.321 e. The number of para-hydroxylation sites is 1. The summed E-state index contributed by atoms with van der Waals surface area (Å²) in [6.45, 7) is 2.71. The molecule has 142 valence electrons. The van der Waals surface area contributed by atoms with Gasteiger partial charge in [0.15, 0.2) is 12.6 Å². The quantitative estimate of drug-likeness (QED) is 0.800. The second-order valence-corrected chi connectivity index (χ2v) is 7.60. The molecule has 0 aliphatic carbocycles. The number of benzene rings is 2. The Hall–Kier alpha value is -2.08. The zero-order valence-electron chi connectivity index (χ0n) is 15.3. The maximum atomic E-state index is 12.9. The number of carbonyl (C=O) groups excluding carboxylic acids is 2. The Labute approximate surface area is 168 Å². The molecule has 1 unspecified atom stereocenters. The van der Waals surface area contributed by atoms with Gasteiger partial charge in [-0.2, -0.15) is 0 Å². The van der Waals surface area contributed by atoms with Crippen LogP contribution in [0, 0.1) is 0 Å². The largest absolute Gasteiger partial charge is 0.321 e. The second-order valence-electron chi connectivity index (χ2n) is 6.79. The van der Waals surface area contributed by atoms with E-state index in [-0.39, 0.29) is 24.4 Å². The van der Waals surface area contributed by atoms with E-state index in [0.717, 1.165) is 17.0 Å². The van der Waals surface area contributed by atoms with Crippen LogP contribution in [0.15, 0.2) is 42.5 Å². The molecule has 3 rings (SSSR count). The molecule has 1 heterocycles. The van der Waals surface area contributed by atoms with Crippen molar-refractivity contribution >= 4 is 46.4 Å². The van der Waals surface area contributed by atoms with Crippen LogP contribution in [0.2, 0.25) is 10.0 Å². The summed E-state index contributed by atoms with van der Waals surface area (Å²) in [5, 5.41) is 3.61. The van der Waals surface area contributed by atoms with Crippen molar-refractivity contribution in [1.29, 1.82) is 0 Å². The van der Waals surface area contributed by atoms with Crippen molar-refractivity contribution in [2.75, 3.05) is 30.4 Å². The van der Waals surface area contributed by atoms with Gasteiger partial charge in [0.2, 0.25) is 0 Å². The number of nitrogens with one attached hydrogen (secondary N) is 2. The lowest BCUT2D eigenvalue weighted by Crippen LogP contribution is -3.15. The number of fused-ring (bicyclic) bond motifs is 1. The zero-order chi connectivity index (χ0) is 19.6. The molecule has 2 amide bonds. The summed E-state index contributed by atoms with van der Waals surface area (Å²) in [6.07, 6.45) is 0.867. The molecule has 0 saturated heterocycles. The molecule has 27 heavy (non-hydrogen) atoms. The summed E-state index contributed by atoms with van der Waals surface area (Å²) in [6, 6.07) is 12.5. The molecule has 0 aromatic heterocycles. The third kappa shape index (κ3) is 4.43. The van der Waals surface area contributed by atoms with Gasteiger partial charge in [-0.15, -0.1) is 0 Å². The highest BCUT2D eigenvalue weighted by atomic mass is 35.5. The molecule has 0 saturated carbocycles. The van der Waals surface area contributed by atoms with E-state index >= 15 is 0 Å². The van der Waals surface area contributed by atoms with Crippen LogP contribution < -0.4 is 15.1 Å². The molecule has 0 radical (unpaired) electrons. The molecule has 7 heteroatoms. The Balaban J connectivity index is 1.60. The molecular weight excluding hydrogens is 385 g/mol. The monoisotopic (exact) mass is 406 g/mol. The van der Waals surface area contributed by atoms with Gasteiger partial charge in [-0.25, -0.2) is 0 Å². The van der Waals surface area contributed by atoms with Crippen LogP contribution in [-0.2, 0) is 16.0 Å². The predicted molar refractivity (Wildman–Crippen MR) is 109 cm³/mol. The van der Waals surface area contributed by atoms with E-state index in [9.17, 15) is 9.59 Å². The first-order valence-electron chi connectivity index (χ1n) is 8.83. The highest BCUT2D eigenvalue weighted by Gasteiger charge is 2.32. The van der Waals surface area contributed by atoms with Gasteiger partial charge in [0.25, 0.3) is 11.8 Å². The number of carbonyl (C=O) groups is 2. The Kier molecular flexibility index (Phi) is 6.05. The number of amides is 2. The average molecular weight is 407 g/mol. The topological polar surface area (TPSA) is 53.9 Å². The van der Waals surface area contributed by atoms with Crippen LogP contribution in [0.5, 0.6) is 0 Å². The number of nitrogens with zero attached hydrogens (tertiary/aromatic N) is 1. The standard InChI is InChI=1S/C20H21Cl2N3O2/c1-13(20(27)25-10-9-14-5-3-4-6-18(14)25)24(2)12-19(26)23-15-7-8-16(21)17(22)11-15/h3-8,11,13H,9-10,12H2,1-2H3,(H,23,26)/p+1/t13-/m0/s1. The number of likely N-dealkylation sites (N-methyl/N-ethyl adjacent to an activating group) is 1. The highest BCUT2D eigenvalue weighted by Crippen LogP contribution is 2.27. The molecule has 0 fully saturated rings. The van der Waals surface area contributed by atoms with Gasteiger partial charge in [-0.1, -0.05) is 41.4 Å². The van der Waals surface area contributed by atoms with Crippen molar-refractivity contribution in [2.45, 2.75) is 19.4 Å². The van der Waals surface area contributed by atoms with E-state index in [0.29, 0.717) is 22.3 Å². The van der Waals surface area contributed by atoms with E-state index in [1.165, 1.54) is 5.56 Å². The Morgan fingerprint density at radius 1 is 1.19 bits per heavy atom. The van der Waals surface area contributed by atoms with Crippen molar-refractivity contribution in [3.05, 3.63) is 58.1 Å². The van der Waals surface area contributed by atoms with Gasteiger partial charge in [-0.3, -0.25) is 9.59 Å². The number of halogens is 2. The zero-order valence-corrected chi connectivity index (χ0v) is 16.8. The number of hydrogen-bond acceptors (Lipinski definition) is 2. The van der Waals surface area contributed by atoms with E-state index in [4.69, 9.17) is 23.2 Å². The third-order valence-corrected chi connectivity index (χ3v) is 5.64. The molecule has 2 N–H and O–H groups in total. The number of rotatable bonds is 5. The fourth-order valence-corrected chi connectivity index (χ4v) is 3.50. The summed E-state index contributed by atoms with van der Waals surface area (Å²) in [4.78, 5) is 27.9. The van der Waals surface area contributed by atoms with Crippen molar-refractivity contribution in [3.8, 4) is 0 Å². The van der Waals surface area contributed by atoms with Crippen molar-refractivity contribution < 1.29 is 14.5 Å². The van der Waals surface area contributed by atoms with E-state index in [2.05, 4.69) is 11.4 Å². The number of quaternary nitrogens is 1. The van der Waals surface area contributed by atoms with Gasteiger partial charge < -0.3 is 15.1 Å². The molecule has 0 bridgehead atoms. The van der Waals surface area contributed by atoms with Crippen molar-refractivity contribution in [1.82, 2.24) is 0 Å². The maximum absolute atomic E-state index is 12.9. The molecule has 5 nitrogen and oxygen atoms in total. The number of anilines is 2. The van der Waals surface area contributed by atoms with E-state index < -0.39 is 0 Å². The van der Waals surface area contributed by atoms with Crippen LogP contribution >= 0.6 is 23.2 Å². The van der Waals surface area contributed by atoms with Crippen molar-refractivity contribution in [3.63, 3.8) is 0 Å². The predicted octanol–water partition coefficient (Wildman–Crippen LogP) is 2.42. The summed E-state index contributed by atoms with van der Waals surface area (Å²) in [5.74, 6) is -0.160. The van der Waals surface area contributed by atoms with Gasteiger partial charge in [0, 0.05) is 17.9 Å². The summed E-state index contributed by atoms with van der Waals surface area (Å²) in [5.41, 5.74) is 2.74. The first-order valence-corrected chi connectivity index (χ1v) is 9.59. The lowest BCUT2D eigenvalue weighted by atomic mass is 10.2. The molecule has 0 spiro atoms. The normalized spacial score (nSPS) is 15.2. The molecule has 2 aromatic carbocycles. The van der Waals surface area contributed by atoms with E-state index in [1.54, 1.807) is 18.2 Å². The van der Waals surface area contributed by atoms with Gasteiger partial charge >= 0.3 is 0 Å². The number of hydrogen-bond donors (Lipinski definition) is 2. The SMILES string of the molecule is C[C@@H](C(=O)N1CCc2ccccc21)[NH+](C)CC(=O)Nc1ccc(Cl)c(Cl)c1. The van der Waals surface area contributed by atoms with Gasteiger partial charge in [-0.05, 0) is 43.2 Å². The summed E-state index contributed by atoms with van der Waals surface area (Å²) < 4.78 is 0. The average Bonchev–Trinajstić information content (AvgIpc) is 3.07. The lowest BCUT2D eigenvalue weighted by Gasteiger charge is -2.25. The minimum absolute atomic E-state index is 0.0276. The Morgan fingerprint density at radius 3 is 2.67 bits per heavy atom. The second kappa shape index (κ2) is 8.30. The molecule has 1 aliphatic heterocycles. The Morgan fingerprint density at radius 2 is 1.93 bits per heavy atom. The van der Waals surface area contributed by atoms with Crippen LogP contribution in [-0.4, -0.2) is 38.0 Å². The lowest BCUT2D eigenvalue weighted by molar-refractivity contribution is -0.885. The first kappa shape index (κ1) is 19.7. The maximum Gasteiger partial charge on any atom is 0.284 e. The first-order chi connectivity index (χ1) is 12.9. The van der Waals surface area contributed by atoms with Crippen LogP contribution in [0.1, 0.15) is 12.5 Å². The molecule has 1 aliphatic rings. The van der Waals surface area contributed by atoms with Crippen LogP contribution in [0.25, 0.3) is 0 Å². The van der Waals surface area contributed by atoms with Gasteiger partial charge in [0.05, 0.1) is 17.1 Å². The van der Waals surface area contributed by atoms with Crippen LogP contribution in [0.3, 0.4) is 0 Å². The Bertz CT molecular complexity index is 872.